The monoisotopic (exact) mass is 398 g/mol. The average Bonchev–Trinajstić information content (AvgIpc) is 3.52. The second-order valence-corrected chi connectivity index (χ2v) is 12.3. The molecule has 2 heteroatoms. The number of hydrogen-bond donors (Lipinski definition) is 0. The van der Waals surface area contributed by atoms with Crippen molar-refractivity contribution in [3.8, 4) is 0 Å². The van der Waals surface area contributed by atoms with Gasteiger partial charge >= 0.3 is 5.97 Å². The smallest absolute Gasteiger partial charge is 0.309 e. The molecule has 0 aliphatic heterocycles. The zero-order chi connectivity index (χ0) is 19.9. The number of ether oxygens (including phenoxy) is 1. The summed E-state index contributed by atoms with van der Waals surface area (Å²) in [7, 11) is 0. The molecule has 7 aliphatic rings. The molecule has 7 fully saturated rings. The van der Waals surface area contributed by atoms with E-state index in [2.05, 4.69) is 13.8 Å². The van der Waals surface area contributed by atoms with Gasteiger partial charge in [0, 0.05) is 0 Å². The minimum Gasteiger partial charge on any atom is -0.466 e. The van der Waals surface area contributed by atoms with Gasteiger partial charge in [-0.3, -0.25) is 4.79 Å². The summed E-state index contributed by atoms with van der Waals surface area (Å²) >= 11 is 0. The van der Waals surface area contributed by atoms with E-state index < -0.39 is 0 Å². The minimum atomic E-state index is 0.108. The summed E-state index contributed by atoms with van der Waals surface area (Å²) in [5.41, 5.74) is 0. The maximum absolute atomic E-state index is 12.2. The van der Waals surface area contributed by atoms with Crippen molar-refractivity contribution in [1.82, 2.24) is 0 Å². The van der Waals surface area contributed by atoms with Crippen molar-refractivity contribution in [2.24, 2.45) is 76.9 Å². The predicted molar refractivity (Wildman–Crippen MR) is 115 cm³/mol. The van der Waals surface area contributed by atoms with E-state index in [9.17, 15) is 4.79 Å². The van der Waals surface area contributed by atoms with Gasteiger partial charge in [0.2, 0.25) is 0 Å². The SMILES string of the molecule is C1CC2C3CCC(C3)C2C1.CCOC(=O)C1CC2CC1C1C3CC(C(C)C3C)C21. The molecule has 0 aromatic heterocycles. The Morgan fingerprint density at radius 1 is 0.724 bits per heavy atom. The van der Waals surface area contributed by atoms with Gasteiger partial charge in [-0.2, -0.15) is 0 Å². The molecule has 0 aromatic rings. The Kier molecular flexibility index (Phi) is 4.62. The van der Waals surface area contributed by atoms with Gasteiger partial charge < -0.3 is 4.74 Å². The summed E-state index contributed by atoms with van der Waals surface area (Å²) < 4.78 is 5.32. The largest absolute Gasteiger partial charge is 0.466 e. The standard InChI is InChI=1S/C17H26O2.C10H16/c1-4-19-17(18)14-6-10-5-13(14)16-12-7-11(15(10)16)8(2)9(12)3;1-2-9-7-4-5-8(6-7)10(9)3-1/h8-16H,4-7H2,1-3H3;7-10H,1-6H2. The molecule has 6 bridgehead atoms. The molecule has 2 nitrogen and oxygen atoms in total. The van der Waals surface area contributed by atoms with E-state index in [1.54, 1.807) is 38.5 Å². The molecule has 0 aromatic carbocycles. The Hall–Kier alpha value is -0.530. The fourth-order valence-electron chi connectivity index (χ4n) is 10.8. The molecule has 0 saturated heterocycles. The van der Waals surface area contributed by atoms with Crippen molar-refractivity contribution in [1.29, 1.82) is 0 Å². The maximum atomic E-state index is 12.2. The van der Waals surface area contributed by atoms with Crippen molar-refractivity contribution in [3.05, 3.63) is 0 Å². The van der Waals surface area contributed by atoms with Gasteiger partial charge in [0.1, 0.15) is 0 Å². The van der Waals surface area contributed by atoms with Crippen LogP contribution >= 0.6 is 0 Å². The van der Waals surface area contributed by atoms with E-state index in [0.717, 1.165) is 47.8 Å². The van der Waals surface area contributed by atoms with Gasteiger partial charge in [0.25, 0.3) is 0 Å². The summed E-state index contributed by atoms with van der Waals surface area (Å²) in [4.78, 5) is 12.2. The molecular weight excluding hydrogens is 356 g/mol. The lowest BCUT2D eigenvalue weighted by Crippen LogP contribution is -2.40. The highest BCUT2D eigenvalue weighted by Crippen LogP contribution is 2.71. The lowest BCUT2D eigenvalue weighted by atomic mass is 9.62. The molecule has 0 heterocycles. The highest BCUT2D eigenvalue weighted by Gasteiger charge is 2.66. The van der Waals surface area contributed by atoms with E-state index >= 15 is 0 Å². The zero-order valence-corrected chi connectivity index (χ0v) is 18.9. The quantitative estimate of drug-likeness (QED) is 0.409. The summed E-state index contributed by atoms with van der Waals surface area (Å²) in [5, 5.41) is 0. The molecule has 0 spiro atoms. The first-order valence-corrected chi connectivity index (χ1v) is 13.2. The van der Waals surface area contributed by atoms with Crippen molar-refractivity contribution < 1.29 is 9.53 Å². The normalized spacial score (nSPS) is 57.6. The van der Waals surface area contributed by atoms with Crippen LogP contribution in [0.2, 0.25) is 0 Å². The number of esters is 1. The molecule has 7 saturated carbocycles. The number of fused-ring (bicyclic) bond motifs is 14. The third kappa shape index (κ3) is 2.68. The van der Waals surface area contributed by atoms with Crippen LogP contribution in [-0.2, 0) is 9.53 Å². The number of carbonyl (C=O) groups excluding carboxylic acids is 1. The van der Waals surface area contributed by atoms with Crippen molar-refractivity contribution in [2.45, 2.75) is 78.6 Å². The summed E-state index contributed by atoms with van der Waals surface area (Å²) in [6.07, 6.45) is 13.5. The van der Waals surface area contributed by atoms with Crippen molar-refractivity contribution in [2.75, 3.05) is 6.61 Å². The van der Waals surface area contributed by atoms with E-state index in [1.807, 2.05) is 6.92 Å². The van der Waals surface area contributed by atoms with Crippen molar-refractivity contribution >= 4 is 5.97 Å². The highest BCUT2D eigenvalue weighted by molar-refractivity contribution is 5.73. The molecular formula is C27H42O2. The number of hydrogen-bond acceptors (Lipinski definition) is 2. The van der Waals surface area contributed by atoms with Crippen LogP contribution < -0.4 is 0 Å². The third-order valence-electron chi connectivity index (χ3n) is 11.8. The molecule has 29 heavy (non-hydrogen) atoms. The summed E-state index contributed by atoms with van der Waals surface area (Å²) in [5.74, 6) is 12.2. The first-order valence-electron chi connectivity index (χ1n) is 13.2. The van der Waals surface area contributed by atoms with Gasteiger partial charge in [-0.15, -0.1) is 0 Å². The predicted octanol–water partition coefficient (Wildman–Crippen LogP) is 6.19. The fraction of sp³-hybridized carbons (Fsp3) is 0.963. The van der Waals surface area contributed by atoms with Crippen LogP contribution in [-0.4, -0.2) is 12.6 Å². The summed E-state index contributed by atoms with van der Waals surface area (Å²) in [6.45, 7) is 7.40. The van der Waals surface area contributed by atoms with Crippen LogP contribution in [0, 0.1) is 76.9 Å². The molecule has 7 rings (SSSR count). The Bertz CT molecular complexity index is 641. The Balaban J connectivity index is 0.000000138. The molecule has 13 atom stereocenters. The van der Waals surface area contributed by atoms with Crippen LogP contribution in [0.15, 0.2) is 0 Å². The lowest BCUT2D eigenvalue weighted by molar-refractivity contribution is -0.152. The van der Waals surface area contributed by atoms with E-state index in [0.29, 0.717) is 12.5 Å². The number of carbonyl (C=O) groups is 1. The van der Waals surface area contributed by atoms with Crippen molar-refractivity contribution in [3.63, 3.8) is 0 Å². The average molecular weight is 399 g/mol. The van der Waals surface area contributed by atoms with Gasteiger partial charge in [-0.05, 0) is 129 Å². The van der Waals surface area contributed by atoms with Gasteiger partial charge in [0.15, 0.2) is 0 Å². The molecule has 0 amide bonds. The first kappa shape index (κ1) is 19.2. The Morgan fingerprint density at radius 3 is 2.03 bits per heavy atom. The number of rotatable bonds is 2. The van der Waals surface area contributed by atoms with Gasteiger partial charge in [-0.25, -0.2) is 0 Å². The van der Waals surface area contributed by atoms with Crippen LogP contribution in [0.4, 0.5) is 0 Å². The van der Waals surface area contributed by atoms with Crippen LogP contribution in [0.3, 0.4) is 0 Å². The van der Waals surface area contributed by atoms with Gasteiger partial charge in [0.05, 0.1) is 12.5 Å². The Labute approximate surface area is 177 Å². The molecule has 13 unspecified atom stereocenters. The topological polar surface area (TPSA) is 26.3 Å². The highest BCUT2D eigenvalue weighted by atomic mass is 16.5. The molecule has 0 N–H and O–H groups in total. The second kappa shape index (κ2) is 6.99. The second-order valence-electron chi connectivity index (χ2n) is 12.3. The molecule has 7 aliphatic carbocycles. The minimum absolute atomic E-state index is 0.108. The Morgan fingerprint density at radius 2 is 1.38 bits per heavy atom. The van der Waals surface area contributed by atoms with E-state index in [-0.39, 0.29) is 11.9 Å². The fourth-order valence-corrected chi connectivity index (χ4v) is 10.8. The van der Waals surface area contributed by atoms with E-state index in [1.165, 1.54) is 36.5 Å². The van der Waals surface area contributed by atoms with Crippen LogP contribution in [0.1, 0.15) is 78.6 Å². The maximum Gasteiger partial charge on any atom is 0.309 e. The van der Waals surface area contributed by atoms with Crippen LogP contribution in [0.5, 0.6) is 0 Å². The summed E-state index contributed by atoms with van der Waals surface area (Å²) in [6, 6.07) is 0. The van der Waals surface area contributed by atoms with Gasteiger partial charge in [-0.1, -0.05) is 20.3 Å². The lowest BCUT2D eigenvalue weighted by Gasteiger charge is -2.42. The first-order chi connectivity index (χ1) is 14.1. The van der Waals surface area contributed by atoms with E-state index in [4.69, 9.17) is 4.74 Å². The third-order valence-corrected chi connectivity index (χ3v) is 11.8. The molecule has 162 valence electrons. The van der Waals surface area contributed by atoms with Crippen LogP contribution in [0.25, 0.3) is 0 Å². The zero-order valence-electron chi connectivity index (χ0n) is 18.9. The molecule has 0 radical (unpaired) electrons.